The fraction of sp³-hybridized carbons (Fsp3) is 0.364. The Bertz CT molecular complexity index is 1320. The standard InChI is InChI=1S/C33H39NO3/c1-4-7-8-9-10-11-22-36-30-20-17-26(18-21-30)25-12-14-27(15-13-25)31-23-28-16-19-29(34(5-2)6-3)24-32(28)37-33(31)35/h12-21,23-24H,4-11,22H2,1-3H3. The predicted molar refractivity (Wildman–Crippen MR) is 156 cm³/mol. The number of fused-ring (bicyclic) bond motifs is 1. The van der Waals surface area contributed by atoms with E-state index in [0.29, 0.717) is 11.1 Å². The van der Waals surface area contributed by atoms with Crippen LogP contribution < -0.4 is 15.3 Å². The Morgan fingerprint density at radius 2 is 1.32 bits per heavy atom. The molecule has 0 aliphatic heterocycles. The summed E-state index contributed by atoms with van der Waals surface area (Å²) >= 11 is 0. The highest BCUT2D eigenvalue weighted by molar-refractivity contribution is 5.85. The predicted octanol–water partition coefficient (Wildman–Crippen LogP) is 8.71. The molecule has 0 spiro atoms. The second-order valence-electron chi connectivity index (χ2n) is 9.56. The monoisotopic (exact) mass is 497 g/mol. The molecule has 0 saturated heterocycles. The molecule has 0 aliphatic carbocycles. The molecule has 1 heterocycles. The maximum absolute atomic E-state index is 12.8. The molecule has 1 aromatic heterocycles. The van der Waals surface area contributed by atoms with E-state index in [1.165, 1.54) is 32.1 Å². The van der Waals surface area contributed by atoms with Crippen LogP contribution in [0, 0.1) is 0 Å². The maximum Gasteiger partial charge on any atom is 0.344 e. The van der Waals surface area contributed by atoms with E-state index in [2.05, 4.69) is 56.0 Å². The highest BCUT2D eigenvalue weighted by atomic mass is 16.5. The van der Waals surface area contributed by atoms with Crippen molar-refractivity contribution < 1.29 is 9.15 Å². The van der Waals surface area contributed by atoms with Crippen molar-refractivity contribution in [2.75, 3.05) is 24.6 Å². The van der Waals surface area contributed by atoms with Crippen LogP contribution in [-0.2, 0) is 0 Å². The molecule has 0 N–H and O–H groups in total. The molecule has 0 saturated carbocycles. The van der Waals surface area contributed by atoms with Gasteiger partial charge in [0.25, 0.3) is 0 Å². The highest BCUT2D eigenvalue weighted by Gasteiger charge is 2.11. The first-order chi connectivity index (χ1) is 18.1. The van der Waals surface area contributed by atoms with E-state index in [-0.39, 0.29) is 5.63 Å². The molecule has 4 aromatic rings. The first kappa shape index (κ1) is 26.5. The summed E-state index contributed by atoms with van der Waals surface area (Å²) in [5.41, 5.74) is 5.02. The quantitative estimate of drug-likeness (QED) is 0.137. The molecular formula is C33H39NO3. The van der Waals surface area contributed by atoms with Gasteiger partial charge < -0.3 is 14.1 Å². The van der Waals surface area contributed by atoms with Crippen molar-refractivity contribution in [3.8, 4) is 28.0 Å². The molecule has 3 aromatic carbocycles. The number of unbranched alkanes of at least 4 members (excludes halogenated alkanes) is 5. The number of hydrogen-bond acceptors (Lipinski definition) is 4. The zero-order chi connectivity index (χ0) is 26.0. The minimum Gasteiger partial charge on any atom is -0.494 e. The number of rotatable bonds is 13. The average molecular weight is 498 g/mol. The number of ether oxygens (including phenoxy) is 1. The van der Waals surface area contributed by atoms with Gasteiger partial charge in [0.15, 0.2) is 0 Å². The summed E-state index contributed by atoms with van der Waals surface area (Å²) in [6.07, 6.45) is 7.57. The Labute approximate surface area is 220 Å². The lowest BCUT2D eigenvalue weighted by atomic mass is 10.0. The molecule has 37 heavy (non-hydrogen) atoms. The van der Waals surface area contributed by atoms with Crippen molar-refractivity contribution in [2.24, 2.45) is 0 Å². The molecule has 0 amide bonds. The maximum atomic E-state index is 12.8. The van der Waals surface area contributed by atoms with Crippen LogP contribution >= 0.6 is 0 Å². The van der Waals surface area contributed by atoms with Crippen LogP contribution in [0.4, 0.5) is 5.69 Å². The smallest absolute Gasteiger partial charge is 0.344 e. The van der Waals surface area contributed by atoms with Gasteiger partial charge in [0.2, 0.25) is 0 Å². The highest BCUT2D eigenvalue weighted by Crippen LogP contribution is 2.28. The minimum atomic E-state index is -0.316. The number of nitrogens with zero attached hydrogens (tertiary/aromatic N) is 1. The van der Waals surface area contributed by atoms with Crippen molar-refractivity contribution in [3.63, 3.8) is 0 Å². The van der Waals surface area contributed by atoms with Crippen LogP contribution in [-0.4, -0.2) is 19.7 Å². The van der Waals surface area contributed by atoms with Crippen LogP contribution in [0.2, 0.25) is 0 Å². The molecule has 0 atom stereocenters. The third kappa shape index (κ3) is 6.82. The fourth-order valence-corrected chi connectivity index (χ4v) is 4.74. The summed E-state index contributed by atoms with van der Waals surface area (Å²) in [6.45, 7) is 9.07. The normalized spacial score (nSPS) is 11.1. The first-order valence-corrected chi connectivity index (χ1v) is 13.8. The first-order valence-electron chi connectivity index (χ1n) is 13.8. The van der Waals surface area contributed by atoms with Gasteiger partial charge in [-0.05, 0) is 67.3 Å². The Morgan fingerprint density at radius 3 is 2.00 bits per heavy atom. The third-order valence-electron chi connectivity index (χ3n) is 7.00. The topological polar surface area (TPSA) is 42.7 Å². The van der Waals surface area contributed by atoms with E-state index in [4.69, 9.17) is 9.15 Å². The molecule has 0 unspecified atom stereocenters. The lowest BCUT2D eigenvalue weighted by Gasteiger charge is -2.21. The fourth-order valence-electron chi connectivity index (χ4n) is 4.74. The lowest BCUT2D eigenvalue weighted by molar-refractivity contribution is 0.304. The SMILES string of the molecule is CCCCCCCCOc1ccc(-c2ccc(-c3cc4ccc(N(CC)CC)cc4oc3=O)cc2)cc1. The van der Waals surface area contributed by atoms with Crippen LogP contribution in [0.3, 0.4) is 0 Å². The van der Waals surface area contributed by atoms with E-state index in [9.17, 15) is 4.79 Å². The minimum absolute atomic E-state index is 0.316. The van der Waals surface area contributed by atoms with Crippen molar-refractivity contribution in [3.05, 3.63) is 83.2 Å². The van der Waals surface area contributed by atoms with Gasteiger partial charge >= 0.3 is 5.63 Å². The average Bonchev–Trinajstić information content (AvgIpc) is 2.93. The summed E-state index contributed by atoms with van der Waals surface area (Å²) in [7, 11) is 0. The molecule has 4 heteroatoms. The van der Waals surface area contributed by atoms with Gasteiger partial charge in [-0.1, -0.05) is 75.4 Å². The van der Waals surface area contributed by atoms with Gasteiger partial charge in [-0.25, -0.2) is 4.79 Å². The second-order valence-corrected chi connectivity index (χ2v) is 9.56. The van der Waals surface area contributed by atoms with E-state index < -0.39 is 0 Å². The third-order valence-corrected chi connectivity index (χ3v) is 7.00. The van der Waals surface area contributed by atoms with Crippen LogP contribution in [0.15, 0.2) is 82.0 Å². The van der Waals surface area contributed by atoms with Crippen molar-refractivity contribution in [2.45, 2.75) is 59.3 Å². The van der Waals surface area contributed by atoms with Crippen LogP contribution in [0.25, 0.3) is 33.2 Å². The van der Waals surface area contributed by atoms with Crippen molar-refractivity contribution in [1.82, 2.24) is 0 Å². The Hall–Kier alpha value is -3.53. The largest absolute Gasteiger partial charge is 0.494 e. The van der Waals surface area contributed by atoms with E-state index in [1.807, 2.05) is 42.5 Å². The summed E-state index contributed by atoms with van der Waals surface area (Å²) in [6, 6.07) is 24.3. The zero-order valence-corrected chi connectivity index (χ0v) is 22.5. The molecule has 0 bridgehead atoms. The zero-order valence-electron chi connectivity index (χ0n) is 22.5. The van der Waals surface area contributed by atoms with Gasteiger partial charge in [0, 0.05) is 30.2 Å². The summed E-state index contributed by atoms with van der Waals surface area (Å²) < 4.78 is 11.6. The van der Waals surface area contributed by atoms with E-state index in [1.54, 1.807) is 0 Å². The van der Waals surface area contributed by atoms with Gasteiger partial charge in [-0.2, -0.15) is 0 Å². The summed E-state index contributed by atoms with van der Waals surface area (Å²) in [5, 5.41) is 0.922. The molecule has 0 aliphatic rings. The van der Waals surface area contributed by atoms with Gasteiger partial charge in [0.05, 0.1) is 12.2 Å². The van der Waals surface area contributed by atoms with Crippen molar-refractivity contribution >= 4 is 16.7 Å². The molecule has 0 radical (unpaired) electrons. The molecule has 4 nitrogen and oxygen atoms in total. The van der Waals surface area contributed by atoms with Gasteiger partial charge in [-0.15, -0.1) is 0 Å². The second kappa shape index (κ2) is 13.1. The van der Waals surface area contributed by atoms with E-state index in [0.717, 1.165) is 59.6 Å². The molecule has 194 valence electrons. The van der Waals surface area contributed by atoms with Crippen LogP contribution in [0.1, 0.15) is 59.3 Å². The molecule has 0 fully saturated rings. The molecule has 4 rings (SSSR count). The Kier molecular flexibility index (Phi) is 9.42. The summed E-state index contributed by atoms with van der Waals surface area (Å²) in [5.74, 6) is 0.909. The Morgan fingerprint density at radius 1 is 0.703 bits per heavy atom. The van der Waals surface area contributed by atoms with Gasteiger partial charge in [-0.3, -0.25) is 0 Å². The lowest BCUT2D eigenvalue weighted by Crippen LogP contribution is -2.21. The number of benzene rings is 3. The van der Waals surface area contributed by atoms with E-state index >= 15 is 0 Å². The van der Waals surface area contributed by atoms with Crippen LogP contribution in [0.5, 0.6) is 5.75 Å². The summed E-state index contributed by atoms with van der Waals surface area (Å²) in [4.78, 5) is 15.1. The van der Waals surface area contributed by atoms with Gasteiger partial charge in [0.1, 0.15) is 11.3 Å². The number of hydrogen-bond donors (Lipinski definition) is 0. The Balaban J connectivity index is 1.41. The molecular weight excluding hydrogens is 458 g/mol. The van der Waals surface area contributed by atoms with Crippen molar-refractivity contribution in [1.29, 1.82) is 0 Å². The number of anilines is 1.